The van der Waals surface area contributed by atoms with Gasteiger partial charge in [-0.15, -0.1) is 24.2 Å². The van der Waals surface area contributed by atoms with Crippen LogP contribution in [0.15, 0.2) is 54.6 Å². The second-order valence-electron chi connectivity index (χ2n) is 5.35. The van der Waals surface area contributed by atoms with Gasteiger partial charge >= 0.3 is 0 Å². The minimum atomic E-state index is 0. The predicted octanol–water partition coefficient (Wildman–Crippen LogP) is 4.60. The number of hydrogen-bond acceptors (Lipinski definition) is 2. The Hall–Kier alpha value is -0.960. The summed E-state index contributed by atoms with van der Waals surface area (Å²) in [6.07, 6.45) is 2.40. The molecular formula is C18H22ClNS. The zero-order chi connectivity index (χ0) is 13.8. The standard InChI is InChI=1S/C18H21NS.ClH/c1-19-13-7-12-18(16-9-3-2-4-10-16)17-11-6-5-8-15(17)14-20-18;/h2-6,8-11,19H,7,12-14H2,1H3;1H. The van der Waals surface area contributed by atoms with Gasteiger partial charge < -0.3 is 5.32 Å². The molecule has 112 valence electrons. The van der Waals surface area contributed by atoms with Crippen molar-refractivity contribution in [2.24, 2.45) is 0 Å². The van der Waals surface area contributed by atoms with Gasteiger partial charge in [-0.05, 0) is 43.1 Å². The van der Waals surface area contributed by atoms with E-state index in [4.69, 9.17) is 0 Å². The smallest absolute Gasteiger partial charge is 0.0663 e. The van der Waals surface area contributed by atoms with Crippen LogP contribution < -0.4 is 5.32 Å². The molecule has 0 aromatic heterocycles. The van der Waals surface area contributed by atoms with Crippen molar-refractivity contribution in [3.05, 3.63) is 71.3 Å². The van der Waals surface area contributed by atoms with E-state index in [-0.39, 0.29) is 17.2 Å². The zero-order valence-electron chi connectivity index (χ0n) is 12.3. The first kappa shape index (κ1) is 16.4. The van der Waals surface area contributed by atoms with Gasteiger partial charge in [-0.25, -0.2) is 0 Å². The first-order chi connectivity index (χ1) is 9.87. The molecule has 1 atom stereocenters. The number of nitrogens with one attached hydrogen (secondary N) is 1. The predicted molar refractivity (Wildman–Crippen MR) is 95.4 cm³/mol. The van der Waals surface area contributed by atoms with Crippen LogP contribution in [0.2, 0.25) is 0 Å². The van der Waals surface area contributed by atoms with Gasteiger partial charge in [0.05, 0.1) is 4.75 Å². The number of benzene rings is 2. The van der Waals surface area contributed by atoms with E-state index in [1.54, 1.807) is 0 Å². The molecule has 3 heteroatoms. The Morgan fingerprint density at radius 3 is 2.52 bits per heavy atom. The second kappa shape index (κ2) is 7.35. The molecule has 0 saturated heterocycles. The molecule has 2 aromatic rings. The van der Waals surface area contributed by atoms with Gasteiger partial charge in [0.1, 0.15) is 0 Å². The molecule has 0 aliphatic carbocycles. The van der Waals surface area contributed by atoms with Crippen molar-refractivity contribution in [2.75, 3.05) is 13.6 Å². The number of halogens is 1. The fraction of sp³-hybridized carbons (Fsp3) is 0.333. The summed E-state index contributed by atoms with van der Waals surface area (Å²) in [5.41, 5.74) is 4.48. The number of thioether (sulfide) groups is 1. The van der Waals surface area contributed by atoms with Gasteiger partial charge in [0.2, 0.25) is 0 Å². The highest BCUT2D eigenvalue weighted by atomic mass is 35.5. The maximum absolute atomic E-state index is 3.28. The van der Waals surface area contributed by atoms with Crippen LogP contribution >= 0.6 is 24.2 Å². The van der Waals surface area contributed by atoms with E-state index >= 15 is 0 Å². The topological polar surface area (TPSA) is 12.0 Å². The molecule has 21 heavy (non-hydrogen) atoms. The van der Waals surface area contributed by atoms with Gasteiger partial charge in [0, 0.05) is 5.75 Å². The molecule has 1 aliphatic rings. The number of rotatable bonds is 5. The average Bonchev–Trinajstić information content (AvgIpc) is 2.89. The van der Waals surface area contributed by atoms with Crippen LogP contribution in [0.1, 0.15) is 29.5 Å². The fourth-order valence-electron chi connectivity index (χ4n) is 3.13. The molecule has 0 radical (unpaired) electrons. The van der Waals surface area contributed by atoms with Gasteiger partial charge in [0.25, 0.3) is 0 Å². The van der Waals surface area contributed by atoms with E-state index in [9.17, 15) is 0 Å². The lowest BCUT2D eigenvalue weighted by Gasteiger charge is -2.30. The van der Waals surface area contributed by atoms with Crippen molar-refractivity contribution in [1.29, 1.82) is 0 Å². The Morgan fingerprint density at radius 2 is 1.76 bits per heavy atom. The van der Waals surface area contributed by atoms with Crippen LogP contribution in [0.25, 0.3) is 0 Å². The highest BCUT2D eigenvalue weighted by molar-refractivity contribution is 8.00. The molecule has 1 unspecified atom stereocenters. The summed E-state index contributed by atoms with van der Waals surface area (Å²) in [7, 11) is 2.03. The van der Waals surface area contributed by atoms with Gasteiger partial charge in [-0.2, -0.15) is 0 Å². The third kappa shape index (κ3) is 3.13. The van der Waals surface area contributed by atoms with E-state index in [1.807, 2.05) is 7.05 Å². The SMILES string of the molecule is CNCCCC1(c2ccccc2)SCc2ccccc21.Cl. The highest BCUT2D eigenvalue weighted by Crippen LogP contribution is 2.54. The molecule has 1 heterocycles. The normalized spacial score (nSPS) is 19.9. The Morgan fingerprint density at radius 1 is 1.05 bits per heavy atom. The van der Waals surface area contributed by atoms with Crippen LogP contribution in [0.4, 0.5) is 0 Å². The molecule has 0 amide bonds. The third-order valence-corrected chi connectivity index (χ3v) is 5.73. The quantitative estimate of drug-likeness (QED) is 0.808. The molecule has 0 fully saturated rings. The second-order valence-corrected chi connectivity index (χ2v) is 6.62. The van der Waals surface area contributed by atoms with E-state index in [0.29, 0.717) is 0 Å². The molecule has 0 bridgehead atoms. The van der Waals surface area contributed by atoms with Crippen LogP contribution in [0.5, 0.6) is 0 Å². The lowest BCUT2D eigenvalue weighted by atomic mass is 9.84. The Labute approximate surface area is 137 Å². The molecule has 1 nitrogen and oxygen atoms in total. The van der Waals surface area contributed by atoms with Crippen molar-refractivity contribution >= 4 is 24.2 Å². The van der Waals surface area contributed by atoms with Crippen LogP contribution in [0, 0.1) is 0 Å². The molecule has 1 aliphatic heterocycles. The van der Waals surface area contributed by atoms with Crippen molar-refractivity contribution in [2.45, 2.75) is 23.3 Å². The largest absolute Gasteiger partial charge is 0.320 e. The average molecular weight is 320 g/mol. The first-order valence-corrected chi connectivity index (χ1v) is 8.28. The summed E-state index contributed by atoms with van der Waals surface area (Å²) >= 11 is 2.09. The summed E-state index contributed by atoms with van der Waals surface area (Å²) in [4.78, 5) is 0. The van der Waals surface area contributed by atoms with Gasteiger partial charge in [-0.3, -0.25) is 0 Å². The number of hydrogen-bond donors (Lipinski definition) is 1. The van der Waals surface area contributed by atoms with E-state index in [2.05, 4.69) is 71.7 Å². The van der Waals surface area contributed by atoms with E-state index in [0.717, 1.165) is 12.3 Å². The van der Waals surface area contributed by atoms with Crippen molar-refractivity contribution in [3.63, 3.8) is 0 Å². The molecule has 1 N–H and O–H groups in total. The maximum Gasteiger partial charge on any atom is 0.0663 e. The Kier molecular flexibility index (Phi) is 5.74. The van der Waals surface area contributed by atoms with Crippen molar-refractivity contribution in [1.82, 2.24) is 5.32 Å². The summed E-state index contributed by atoms with van der Waals surface area (Å²) < 4.78 is 0.148. The van der Waals surface area contributed by atoms with Crippen molar-refractivity contribution in [3.8, 4) is 0 Å². The molecule has 2 aromatic carbocycles. The zero-order valence-corrected chi connectivity index (χ0v) is 14.0. The minimum absolute atomic E-state index is 0. The third-order valence-electron chi connectivity index (χ3n) is 4.12. The molecule has 0 spiro atoms. The minimum Gasteiger partial charge on any atom is -0.320 e. The highest BCUT2D eigenvalue weighted by Gasteiger charge is 2.40. The molecule has 3 rings (SSSR count). The first-order valence-electron chi connectivity index (χ1n) is 7.29. The van der Waals surface area contributed by atoms with Crippen LogP contribution in [0.3, 0.4) is 0 Å². The van der Waals surface area contributed by atoms with Crippen molar-refractivity contribution < 1.29 is 0 Å². The van der Waals surface area contributed by atoms with Gasteiger partial charge in [0.15, 0.2) is 0 Å². The van der Waals surface area contributed by atoms with Crippen LogP contribution in [-0.2, 0) is 10.5 Å². The molecule has 0 saturated carbocycles. The van der Waals surface area contributed by atoms with Crippen LogP contribution in [-0.4, -0.2) is 13.6 Å². The summed E-state index contributed by atoms with van der Waals surface area (Å²) in [5.74, 6) is 1.13. The summed E-state index contributed by atoms with van der Waals surface area (Å²) in [6, 6.07) is 20.0. The Bertz CT molecular complexity index is 572. The lowest BCUT2D eigenvalue weighted by molar-refractivity contribution is 0.598. The lowest BCUT2D eigenvalue weighted by Crippen LogP contribution is -2.23. The van der Waals surface area contributed by atoms with E-state index in [1.165, 1.54) is 29.5 Å². The summed E-state index contributed by atoms with van der Waals surface area (Å²) in [5, 5.41) is 3.28. The number of fused-ring (bicyclic) bond motifs is 1. The maximum atomic E-state index is 3.28. The Balaban J connectivity index is 0.00000161. The fourth-order valence-corrected chi connectivity index (χ4v) is 4.73. The van der Waals surface area contributed by atoms with Gasteiger partial charge in [-0.1, -0.05) is 54.6 Å². The summed E-state index contributed by atoms with van der Waals surface area (Å²) in [6.45, 7) is 1.08. The monoisotopic (exact) mass is 319 g/mol. The van der Waals surface area contributed by atoms with E-state index < -0.39 is 0 Å². The molecular weight excluding hydrogens is 298 g/mol.